The van der Waals surface area contributed by atoms with Crippen molar-refractivity contribution in [1.29, 1.82) is 0 Å². The summed E-state index contributed by atoms with van der Waals surface area (Å²) in [6.07, 6.45) is 1.53. The highest BCUT2D eigenvalue weighted by Gasteiger charge is 2.10. The molecule has 0 atom stereocenters. The smallest absolute Gasteiger partial charge is 0.336 e. The van der Waals surface area contributed by atoms with E-state index in [1.54, 1.807) is 24.3 Å². The minimum Gasteiger partial charge on any atom is -0.423 e. The number of hydrogen-bond donors (Lipinski definition) is 1. The van der Waals surface area contributed by atoms with Crippen molar-refractivity contribution in [3.05, 3.63) is 52.5 Å². The highest BCUT2D eigenvalue weighted by molar-refractivity contribution is 5.93. The van der Waals surface area contributed by atoms with Gasteiger partial charge in [-0.3, -0.25) is 4.79 Å². The third-order valence-electron chi connectivity index (χ3n) is 3.70. The van der Waals surface area contributed by atoms with Gasteiger partial charge in [-0.05, 0) is 30.7 Å². The van der Waals surface area contributed by atoms with Gasteiger partial charge in [0.05, 0.1) is 0 Å². The third kappa shape index (κ3) is 4.32. The van der Waals surface area contributed by atoms with Crippen LogP contribution in [0.1, 0.15) is 44.3 Å². The van der Waals surface area contributed by atoms with E-state index in [0.29, 0.717) is 42.2 Å². The molecule has 0 bridgehead atoms. The molecule has 7 nitrogen and oxygen atoms in total. The summed E-state index contributed by atoms with van der Waals surface area (Å²) in [7, 11) is 0. The second-order valence-corrected chi connectivity index (χ2v) is 6.11. The molecule has 3 rings (SSSR count). The van der Waals surface area contributed by atoms with Gasteiger partial charge in [-0.25, -0.2) is 4.79 Å². The average molecular weight is 341 g/mol. The van der Waals surface area contributed by atoms with E-state index < -0.39 is 5.63 Å². The van der Waals surface area contributed by atoms with Crippen LogP contribution in [0.4, 0.5) is 5.69 Å². The molecule has 2 aromatic heterocycles. The lowest BCUT2D eigenvalue weighted by Crippen LogP contribution is -2.11. The molecule has 0 saturated carbocycles. The van der Waals surface area contributed by atoms with Crippen LogP contribution in [0.3, 0.4) is 0 Å². The van der Waals surface area contributed by atoms with Crippen LogP contribution >= 0.6 is 0 Å². The predicted octanol–water partition coefficient (Wildman–Crippen LogP) is 3.26. The van der Waals surface area contributed by atoms with Crippen LogP contribution in [0.5, 0.6) is 0 Å². The number of fused-ring (bicyclic) bond motifs is 1. The molecule has 1 aromatic carbocycles. The van der Waals surface area contributed by atoms with E-state index in [4.69, 9.17) is 8.94 Å². The standard InChI is InChI=1S/C18H19N3O4/c1-11(2)18-20-16(25-21-18)5-3-4-15(22)19-13-7-8-14-12(10-13)6-9-17(23)24-14/h6-11H,3-5H2,1-2H3,(H,19,22). The Morgan fingerprint density at radius 1 is 1.24 bits per heavy atom. The van der Waals surface area contributed by atoms with Gasteiger partial charge < -0.3 is 14.3 Å². The van der Waals surface area contributed by atoms with Gasteiger partial charge in [-0.15, -0.1) is 0 Å². The maximum Gasteiger partial charge on any atom is 0.336 e. The Balaban J connectivity index is 1.53. The van der Waals surface area contributed by atoms with Crippen molar-refractivity contribution in [3.8, 4) is 0 Å². The summed E-state index contributed by atoms with van der Waals surface area (Å²) in [6, 6.07) is 8.15. The Morgan fingerprint density at radius 2 is 2.08 bits per heavy atom. The van der Waals surface area contributed by atoms with Crippen molar-refractivity contribution in [2.24, 2.45) is 0 Å². The van der Waals surface area contributed by atoms with Crippen LogP contribution in [0.15, 0.2) is 44.1 Å². The molecule has 0 radical (unpaired) electrons. The SMILES string of the molecule is CC(C)c1noc(CCCC(=O)Nc2ccc3oc(=O)ccc3c2)n1. The first-order chi connectivity index (χ1) is 12.0. The number of carbonyl (C=O) groups excluding carboxylic acids is 1. The lowest BCUT2D eigenvalue weighted by Gasteiger charge is -2.05. The topological polar surface area (TPSA) is 98.2 Å². The van der Waals surface area contributed by atoms with Crippen LogP contribution in [0, 0.1) is 0 Å². The molecular weight excluding hydrogens is 322 g/mol. The Labute approximate surface area is 144 Å². The van der Waals surface area contributed by atoms with Gasteiger partial charge in [0, 0.05) is 35.9 Å². The summed E-state index contributed by atoms with van der Waals surface area (Å²) < 4.78 is 10.2. The molecule has 1 amide bonds. The molecule has 2 heterocycles. The Bertz CT molecular complexity index is 943. The summed E-state index contributed by atoms with van der Waals surface area (Å²) in [4.78, 5) is 27.5. The van der Waals surface area contributed by atoms with Crippen LogP contribution in [-0.4, -0.2) is 16.0 Å². The summed E-state index contributed by atoms with van der Waals surface area (Å²) in [5, 5.41) is 7.49. The summed E-state index contributed by atoms with van der Waals surface area (Å²) in [6.45, 7) is 3.99. The normalized spacial score (nSPS) is 11.2. The first kappa shape index (κ1) is 16.9. The van der Waals surface area contributed by atoms with E-state index in [-0.39, 0.29) is 11.8 Å². The van der Waals surface area contributed by atoms with Gasteiger partial charge in [0.2, 0.25) is 11.8 Å². The molecule has 25 heavy (non-hydrogen) atoms. The molecule has 0 unspecified atom stereocenters. The predicted molar refractivity (Wildman–Crippen MR) is 92.4 cm³/mol. The summed E-state index contributed by atoms with van der Waals surface area (Å²) in [5.41, 5.74) is 0.750. The number of amides is 1. The second-order valence-electron chi connectivity index (χ2n) is 6.11. The van der Waals surface area contributed by atoms with Gasteiger partial charge in [0.15, 0.2) is 5.82 Å². The molecule has 0 aliphatic carbocycles. The Hall–Kier alpha value is -2.96. The molecule has 0 aliphatic rings. The maximum absolute atomic E-state index is 12.1. The highest BCUT2D eigenvalue weighted by atomic mass is 16.5. The molecule has 0 aliphatic heterocycles. The van der Waals surface area contributed by atoms with Crippen LogP contribution in [0.2, 0.25) is 0 Å². The van der Waals surface area contributed by atoms with Crippen molar-refractivity contribution >= 4 is 22.6 Å². The van der Waals surface area contributed by atoms with Crippen molar-refractivity contribution in [2.45, 2.75) is 39.0 Å². The van der Waals surface area contributed by atoms with E-state index in [1.807, 2.05) is 13.8 Å². The van der Waals surface area contributed by atoms with Gasteiger partial charge in [0.25, 0.3) is 0 Å². The highest BCUT2D eigenvalue weighted by Crippen LogP contribution is 2.18. The van der Waals surface area contributed by atoms with E-state index >= 15 is 0 Å². The second kappa shape index (κ2) is 7.29. The van der Waals surface area contributed by atoms with Crippen molar-refractivity contribution in [3.63, 3.8) is 0 Å². The number of benzene rings is 1. The number of anilines is 1. The average Bonchev–Trinajstić information content (AvgIpc) is 3.04. The third-order valence-corrected chi connectivity index (χ3v) is 3.70. The fourth-order valence-corrected chi connectivity index (χ4v) is 2.38. The summed E-state index contributed by atoms with van der Waals surface area (Å²) in [5.74, 6) is 1.36. The van der Waals surface area contributed by atoms with Crippen LogP contribution < -0.4 is 10.9 Å². The minimum absolute atomic E-state index is 0.0969. The fourth-order valence-electron chi connectivity index (χ4n) is 2.38. The van der Waals surface area contributed by atoms with Crippen molar-refractivity contribution in [2.75, 3.05) is 5.32 Å². The molecule has 130 valence electrons. The quantitative estimate of drug-likeness (QED) is 0.691. The number of rotatable bonds is 6. The molecule has 0 saturated heterocycles. The maximum atomic E-state index is 12.1. The van der Waals surface area contributed by atoms with Gasteiger partial charge >= 0.3 is 5.63 Å². The number of nitrogens with one attached hydrogen (secondary N) is 1. The van der Waals surface area contributed by atoms with Gasteiger partial charge in [0.1, 0.15) is 5.58 Å². The number of hydrogen-bond acceptors (Lipinski definition) is 6. The number of carbonyl (C=O) groups is 1. The van der Waals surface area contributed by atoms with Crippen LogP contribution in [-0.2, 0) is 11.2 Å². The van der Waals surface area contributed by atoms with E-state index in [2.05, 4.69) is 15.5 Å². The van der Waals surface area contributed by atoms with E-state index in [1.165, 1.54) is 6.07 Å². The van der Waals surface area contributed by atoms with Gasteiger partial charge in [-0.1, -0.05) is 19.0 Å². The largest absolute Gasteiger partial charge is 0.423 e. The first-order valence-corrected chi connectivity index (χ1v) is 8.17. The summed E-state index contributed by atoms with van der Waals surface area (Å²) >= 11 is 0. The molecule has 0 fully saturated rings. The minimum atomic E-state index is -0.397. The number of aromatic nitrogens is 2. The molecular formula is C18H19N3O4. The monoisotopic (exact) mass is 341 g/mol. The Kier molecular flexibility index (Phi) is 4.92. The molecule has 3 aromatic rings. The van der Waals surface area contributed by atoms with Crippen LogP contribution in [0.25, 0.3) is 11.0 Å². The van der Waals surface area contributed by atoms with E-state index in [9.17, 15) is 9.59 Å². The fraction of sp³-hybridized carbons (Fsp3) is 0.333. The zero-order valence-electron chi connectivity index (χ0n) is 14.1. The zero-order valence-corrected chi connectivity index (χ0v) is 14.1. The van der Waals surface area contributed by atoms with E-state index in [0.717, 1.165) is 5.39 Å². The van der Waals surface area contributed by atoms with Crippen molar-refractivity contribution < 1.29 is 13.7 Å². The zero-order chi connectivity index (χ0) is 17.8. The molecule has 1 N–H and O–H groups in total. The van der Waals surface area contributed by atoms with Gasteiger partial charge in [-0.2, -0.15) is 4.98 Å². The van der Waals surface area contributed by atoms with Crippen molar-refractivity contribution in [1.82, 2.24) is 10.1 Å². The lowest BCUT2D eigenvalue weighted by atomic mass is 10.2. The first-order valence-electron chi connectivity index (χ1n) is 8.17. The number of aryl methyl sites for hydroxylation is 1. The Morgan fingerprint density at radius 3 is 2.84 bits per heavy atom. The lowest BCUT2D eigenvalue weighted by molar-refractivity contribution is -0.116. The molecule has 0 spiro atoms. The molecule has 7 heteroatoms. The number of nitrogens with zero attached hydrogens (tertiary/aromatic N) is 2.